The van der Waals surface area contributed by atoms with Gasteiger partial charge in [-0.3, -0.25) is 4.79 Å². The number of nitrogens with two attached hydrogens (primary N) is 1. The Morgan fingerprint density at radius 2 is 1.62 bits per heavy atom. The molecule has 0 aliphatic carbocycles. The average Bonchev–Trinajstić information content (AvgIpc) is 2.48. The number of carbonyl (C=O) groups excluding carboxylic acids is 2. The number of hydrogen-bond acceptors (Lipinski definition) is 4. The first-order chi connectivity index (χ1) is 9.97. The molecule has 0 aliphatic rings. The van der Waals surface area contributed by atoms with Gasteiger partial charge < -0.3 is 10.5 Å². The molecule has 0 saturated heterocycles. The minimum absolute atomic E-state index is 0.237. The molecule has 0 bridgehead atoms. The monoisotopic (exact) mass is 323 g/mol. The maximum Gasteiger partial charge on any atom is 0.338 e. The van der Waals surface area contributed by atoms with Crippen LogP contribution in [0.3, 0.4) is 0 Å². The number of hydrogen-bond donors (Lipinski definition) is 1. The van der Waals surface area contributed by atoms with Crippen LogP contribution in [0, 0.1) is 0 Å². The highest BCUT2D eigenvalue weighted by Crippen LogP contribution is 2.20. The van der Waals surface area contributed by atoms with E-state index in [4.69, 9.17) is 33.7 Å². The molecule has 108 valence electrons. The van der Waals surface area contributed by atoms with Crippen molar-refractivity contribution in [3.05, 3.63) is 63.6 Å². The van der Waals surface area contributed by atoms with Crippen LogP contribution in [-0.4, -0.2) is 18.4 Å². The molecule has 0 radical (unpaired) electrons. The van der Waals surface area contributed by atoms with E-state index in [2.05, 4.69) is 0 Å². The number of halogens is 2. The van der Waals surface area contributed by atoms with Crippen LogP contribution in [0.1, 0.15) is 20.7 Å². The van der Waals surface area contributed by atoms with E-state index in [1.54, 1.807) is 24.3 Å². The lowest BCUT2D eigenvalue weighted by atomic mass is 10.1. The summed E-state index contributed by atoms with van der Waals surface area (Å²) in [7, 11) is 0. The second-order valence-electron chi connectivity index (χ2n) is 4.24. The van der Waals surface area contributed by atoms with Gasteiger partial charge in [0.1, 0.15) is 0 Å². The van der Waals surface area contributed by atoms with Crippen molar-refractivity contribution in [2.75, 3.05) is 12.3 Å². The molecule has 0 spiro atoms. The summed E-state index contributed by atoms with van der Waals surface area (Å²) < 4.78 is 4.95. The number of esters is 1. The van der Waals surface area contributed by atoms with Crippen LogP contribution in [-0.2, 0) is 4.74 Å². The maximum absolute atomic E-state index is 11.8. The van der Waals surface area contributed by atoms with E-state index >= 15 is 0 Å². The van der Waals surface area contributed by atoms with E-state index in [0.29, 0.717) is 15.6 Å². The largest absolute Gasteiger partial charge is 0.454 e. The fourth-order valence-electron chi connectivity index (χ4n) is 1.60. The van der Waals surface area contributed by atoms with Gasteiger partial charge in [0.2, 0.25) is 0 Å². The Kier molecular flexibility index (Phi) is 4.83. The van der Waals surface area contributed by atoms with Crippen molar-refractivity contribution in [1.29, 1.82) is 0 Å². The molecule has 21 heavy (non-hydrogen) atoms. The SMILES string of the molecule is Nc1cc(C(=O)OCC(=O)c2ccc(Cl)cc2)ccc1Cl. The van der Waals surface area contributed by atoms with E-state index < -0.39 is 5.97 Å². The van der Waals surface area contributed by atoms with Crippen LogP contribution < -0.4 is 5.73 Å². The topological polar surface area (TPSA) is 69.4 Å². The molecule has 0 amide bonds. The minimum Gasteiger partial charge on any atom is -0.454 e. The van der Waals surface area contributed by atoms with E-state index in [1.165, 1.54) is 18.2 Å². The maximum atomic E-state index is 11.8. The van der Waals surface area contributed by atoms with Gasteiger partial charge in [-0.05, 0) is 42.5 Å². The number of rotatable bonds is 4. The number of ether oxygens (including phenoxy) is 1. The van der Waals surface area contributed by atoms with Gasteiger partial charge in [0.15, 0.2) is 12.4 Å². The summed E-state index contributed by atoms with van der Waals surface area (Å²) in [5.41, 5.74) is 6.53. The van der Waals surface area contributed by atoms with Crippen molar-refractivity contribution in [1.82, 2.24) is 0 Å². The summed E-state index contributed by atoms with van der Waals surface area (Å²) in [5, 5.41) is 0.879. The lowest BCUT2D eigenvalue weighted by Gasteiger charge is -2.06. The first-order valence-electron chi connectivity index (χ1n) is 5.98. The molecule has 0 heterocycles. The Morgan fingerprint density at radius 3 is 2.24 bits per heavy atom. The zero-order chi connectivity index (χ0) is 15.4. The Balaban J connectivity index is 1.98. The third-order valence-electron chi connectivity index (χ3n) is 2.73. The number of anilines is 1. The summed E-state index contributed by atoms with van der Waals surface area (Å²) in [4.78, 5) is 23.7. The molecule has 0 aliphatic heterocycles. The molecule has 0 unspecified atom stereocenters. The molecule has 0 aromatic heterocycles. The second-order valence-corrected chi connectivity index (χ2v) is 5.09. The van der Waals surface area contributed by atoms with Crippen LogP contribution in [0.5, 0.6) is 0 Å². The van der Waals surface area contributed by atoms with E-state index in [-0.39, 0.29) is 23.6 Å². The third-order valence-corrected chi connectivity index (χ3v) is 3.33. The van der Waals surface area contributed by atoms with Crippen molar-refractivity contribution < 1.29 is 14.3 Å². The van der Waals surface area contributed by atoms with E-state index in [1.807, 2.05) is 0 Å². The number of benzene rings is 2. The molecule has 2 aromatic rings. The Hall–Kier alpha value is -2.04. The zero-order valence-corrected chi connectivity index (χ0v) is 12.3. The van der Waals surface area contributed by atoms with E-state index in [0.717, 1.165) is 0 Å². The fourth-order valence-corrected chi connectivity index (χ4v) is 1.85. The Labute approximate surface area is 131 Å². The second kappa shape index (κ2) is 6.61. The summed E-state index contributed by atoms with van der Waals surface area (Å²) >= 11 is 11.5. The predicted octanol–water partition coefficient (Wildman–Crippen LogP) is 3.62. The molecular weight excluding hydrogens is 313 g/mol. The normalized spacial score (nSPS) is 10.2. The summed E-state index contributed by atoms with van der Waals surface area (Å²) in [6.07, 6.45) is 0. The predicted molar refractivity (Wildman–Crippen MR) is 81.9 cm³/mol. The van der Waals surface area contributed by atoms with Crippen molar-refractivity contribution in [3.63, 3.8) is 0 Å². The van der Waals surface area contributed by atoms with Crippen molar-refractivity contribution in [2.24, 2.45) is 0 Å². The molecule has 0 saturated carbocycles. The summed E-state index contributed by atoms with van der Waals surface area (Å²) in [6, 6.07) is 10.7. The first-order valence-corrected chi connectivity index (χ1v) is 6.74. The van der Waals surface area contributed by atoms with Gasteiger partial charge in [-0.25, -0.2) is 4.79 Å². The van der Waals surface area contributed by atoms with Crippen LogP contribution in [0.25, 0.3) is 0 Å². The smallest absolute Gasteiger partial charge is 0.338 e. The lowest BCUT2D eigenvalue weighted by molar-refractivity contribution is 0.0475. The van der Waals surface area contributed by atoms with Crippen molar-refractivity contribution >= 4 is 40.6 Å². The molecule has 2 aromatic carbocycles. The Bertz CT molecular complexity index is 684. The number of Topliss-reactive ketones (excluding diaryl/α,β-unsaturated/α-hetero) is 1. The molecular formula is C15H11Cl2NO3. The highest BCUT2D eigenvalue weighted by atomic mass is 35.5. The van der Waals surface area contributed by atoms with Crippen LogP contribution in [0.15, 0.2) is 42.5 Å². The highest BCUT2D eigenvalue weighted by molar-refractivity contribution is 6.33. The number of carbonyl (C=O) groups is 2. The van der Waals surface area contributed by atoms with Crippen LogP contribution in [0.4, 0.5) is 5.69 Å². The minimum atomic E-state index is -0.638. The third kappa shape index (κ3) is 3.97. The van der Waals surface area contributed by atoms with Crippen molar-refractivity contribution in [3.8, 4) is 0 Å². The average molecular weight is 324 g/mol. The van der Waals surface area contributed by atoms with E-state index in [9.17, 15) is 9.59 Å². The molecule has 2 rings (SSSR count). The van der Waals surface area contributed by atoms with Gasteiger partial charge in [0, 0.05) is 10.6 Å². The fraction of sp³-hybridized carbons (Fsp3) is 0.0667. The molecule has 0 atom stereocenters. The van der Waals surface area contributed by atoms with Gasteiger partial charge in [0.05, 0.1) is 16.3 Å². The van der Waals surface area contributed by atoms with Crippen LogP contribution in [0.2, 0.25) is 10.0 Å². The van der Waals surface area contributed by atoms with Gasteiger partial charge in [-0.2, -0.15) is 0 Å². The van der Waals surface area contributed by atoms with Crippen molar-refractivity contribution in [2.45, 2.75) is 0 Å². The highest BCUT2D eigenvalue weighted by Gasteiger charge is 2.12. The summed E-state index contributed by atoms with van der Waals surface area (Å²) in [5.74, 6) is -0.956. The van der Waals surface area contributed by atoms with Gasteiger partial charge >= 0.3 is 5.97 Å². The lowest BCUT2D eigenvalue weighted by Crippen LogP contribution is -2.14. The molecule has 6 heteroatoms. The quantitative estimate of drug-likeness (QED) is 0.530. The molecule has 0 fully saturated rings. The number of ketones is 1. The standard InChI is InChI=1S/C15H11Cl2NO3/c16-11-4-1-9(2-5-11)14(19)8-21-15(20)10-3-6-12(17)13(18)7-10/h1-7H,8,18H2. The summed E-state index contributed by atoms with van der Waals surface area (Å²) in [6.45, 7) is -0.358. The van der Waals surface area contributed by atoms with Gasteiger partial charge in [0.25, 0.3) is 0 Å². The Morgan fingerprint density at radius 1 is 1.00 bits per heavy atom. The zero-order valence-electron chi connectivity index (χ0n) is 10.8. The first kappa shape index (κ1) is 15.4. The molecule has 4 nitrogen and oxygen atoms in total. The van der Waals surface area contributed by atoms with Crippen LogP contribution >= 0.6 is 23.2 Å². The molecule has 2 N–H and O–H groups in total. The van der Waals surface area contributed by atoms with Gasteiger partial charge in [-0.15, -0.1) is 0 Å². The number of nitrogen functional groups attached to an aromatic ring is 1. The van der Waals surface area contributed by atoms with Gasteiger partial charge in [-0.1, -0.05) is 23.2 Å².